The molecule has 3 rings (SSSR count). The number of anilines is 1. The summed E-state index contributed by atoms with van der Waals surface area (Å²) in [6, 6.07) is 9.54. The molecule has 0 spiro atoms. The standard InChI is InChI=1S/C17H21N5O2/c1-4-13-9-16(22-17(21-13)19-11-20-22)18-10-12(2)24-15-7-5-14(23-3)6-8-15/h5-9,11-12,18H,4,10H2,1-3H3. The number of methoxy groups -OCH3 is 1. The van der Waals surface area contributed by atoms with Gasteiger partial charge in [0.1, 0.15) is 29.7 Å². The molecule has 1 unspecified atom stereocenters. The molecule has 24 heavy (non-hydrogen) atoms. The van der Waals surface area contributed by atoms with Crippen LogP contribution < -0.4 is 14.8 Å². The second-order valence-corrected chi connectivity index (χ2v) is 5.44. The fraction of sp³-hybridized carbons (Fsp3) is 0.353. The Balaban J connectivity index is 1.65. The molecule has 0 aliphatic carbocycles. The smallest absolute Gasteiger partial charge is 0.254 e. The van der Waals surface area contributed by atoms with Gasteiger partial charge >= 0.3 is 0 Å². The number of benzene rings is 1. The molecule has 0 fully saturated rings. The first-order valence-electron chi connectivity index (χ1n) is 7.94. The van der Waals surface area contributed by atoms with E-state index in [4.69, 9.17) is 9.47 Å². The predicted octanol–water partition coefficient (Wildman–Crippen LogP) is 2.57. The third-order valence-electron chi connectivity index (χ3n) is 3.63. The highest BCUT2D eigenvalue weighted by atomic mass is 16.5. The summed E-state index contributed by atoms with van der Waals surface area (Å²) in [5, 5.41) is 7.56. The molecule has 0 radical (unpaired) electrons. The number of aryl methyl sites for hydroxylation is 1. The summed E-state index contributed by atoms with van der Waals surface area (Å²) in [5.41, 5.74) is 0.974. The molecule has 126 valence electrons. The van der Waals surface area contributed by atoms with Gasteiger partial charge in [-0.25, -0.2) is 4.98 Å². The van der Waals surface area contributed by atoms with Crippen molar-refractivity contribution in [3.8, 4) is 11.5 Å². The Morgan fingerprint density at radius 2 is 1.96 bits per heavy atom. The Morgan fingerprint density at radius 3 is 2.67 bits per heavy atom. The Morgan fingerprint density at radius 1 is 1.21 bits per heavy atom. The maximum atomic E-state index is 5.91. The Kier molecular flexibility index (Phi) is 4.79. The highest BCUT2D eigenvalue weighted by Gasteiger charge is 2.09. The van der Waals surface area contributed by atoms with Crippen molar-refractivity contribution in [1.29, 1.82) is 0 Å². The molecule has 0 saturated heterocycles. The quantitative estimate of drug-likeness (QED) is 0.719. The van der Waals surface area contributed by atoms with Crippen LogP contribution >= 0.6 is 0 Å². The van der Waals surface area contributed by atoms with Crippen molar-refractivity contribution in [3.63, 3.8) is 0 Å². The van der Waals surface area contributed by atoms with Crippen LogP contribution in [-0.2, 0) is 6.42 Å². The number of rotatable bonds is 7. The molecule has 0 saturated carbocycles. The average Bonchev–Trinajstić information content (AvgIpc) is 3.08. The zero-order chi connectivity index (χ0) is 16.9. The molecular formula is C17H21N5O2. The van der Waals surface area contributed by atoms with Crippen LogP contribution in [0.2, 0.25) is 0 Å². The summed E-state index contributed by atoms with van der Waals surface area (Å²) >= 11 is 0. The second-order valence-electron chi connectivity index (χ2n) is 5.44. The Hall–Kier alpha value is -2.83. The van der Waals surface area contributed by atoms with Crippen LogP contribution in [-0.4, -0.2) is 39.3 Å². The van der Waals surface area contributed by atoms with E-state index in [1.807, 2.05) is 37.3 Å². The van der Waals surface area contributed by atoms with Gasteiger partial charge in [0.15, 0.2) is 0 Å². The van der Waals surface area contributed by atoms with Crippen LogP contribution in [0.1, 0.15) is 19.5 Å². The summed E-state index contributed by atoms with van der Waals surface area (Å²) in [6.07, 6.45) is 2.33. The van der Waals surface area contributed by atoms with E-state index in [-0.39, 0.29) is 6.10 Å². The first-order valence-corrected chi connectivity index (χ1v) is 7.94. The molecule has 7 nitrogen and oxygen atoms in total. The molecule has 0 amide bonds. The molecule has 7 heteroatoms. The molecule has 0 aliphatic heterocycles. The summed E-state index contributed by atoms with van der Waals surface area (Å²) in [4.78, 5) is 8.59. The number of fused-ring (bicyclic) bond motifs is 1. The van der Waals surface area contributed by atoms with E-state index >= 15 is 0 Å². The number of hydrogen-bond donors (Lipinski definition) is 1. The lowest BCUT2D eigenvalue weighted by molar-refractivity contribution is 0.234. The monoisotopic (exact) mass is 327 g/mol. The lowest BCUT2D eigenvalue weighted by atomic mass is 10.3. The van der Waals surface area contributed by atoms with Gasteiger partial charge in [-0.3, -0.25) is 0 Å². The van der Waals surface area contributed by atoms with Gasteiger partial charge in [0.05, 0.1) is 13.7 Å². The van der Waals surface area contributed by atoms with Gasteiger partial charge < -0.3 is 14.8 Å². The van der Waals surface area contributed by atoms with E-state index < -0.39 is 0 Å². The maximum Gasteiger partial charge on any atom is 0.254 e. The highest BCUT2D eigenvalue weighted by molar-refractivity contribution is 5.45. The van der Waals surface area contributed by atoms with E-state index in [9.17, 15) is 0 Å². The van der Waals surface area contributed by atoms with Gasteiger partial charge in [-0.05, 0) is 37.6 Å². The van der Waals surface area contributed by atoms with Crippen LogP contribution in [0, 0.1) is 0 Å². The molecular weight excluding hydrogens is 306 g/mol. The zero-order valence-electron chi connectivity index (χ0n) is 14.1. The molecule has 1 atom stereocenters. The number of nitrogens with one attached hydrogen (secondary N) is 1. The fourth-order valence-electron chi connectivity index (χ4n) is 2.34. The minimum atomic E-state index is -0.0183. The van der Waals surface area contributed by atoms with Gasteiger partial charge in [-0.1, -0.05) is 6.92 Å². The van der Waals surface area contributed by atoms with E-state index in [0.29, 0.717) is 12.3 Å². The Labute approximate surface area is 140 Å². The predicted molar refractivity (Wildman–Crippen MR) is 91.7 cm³/mol. The van der Waals surface area contributed by atoms with Crippen LogP contribution in [0.3, 0.4) is 0 Å². The molecule has 0 bridgehead atoms. The summed E-state index contributed by atoms with van der Waals surface area (Å²) < 4.78 is 12.7. The topological polar surface area (TPSA) is 73.6 Å². The summed E-state index contributed by atoms with van der Waals surface area (Å²) in [6.45, 7) is 4.71. The van der Waals surface area contributed by atoms with Crippen molar-refractivity contribution in [1.82, 2.24) is 19.6 Å². The summed E-state index contributed by atoms with van der Waals surface area (Å²) in [5.74, 6) is 3.07. The molecule has 0 aliphatic rings. The average molecular weight is 327 g/mol. The van der Waals surface area contributed by atoms with Crippen LogP contribution in [0.15, 0.2) is 36.7 Å². The van der Waals surface area contributed by atoms with Crippen molar-refractivity contribution in [2.75, 3.05) is 19.0 Å². The molecule has 1 N–H and O–H groups in total. The molecule has 2 aromatic heterocycles. The van der Waals surface area contributed by atoms with E-state index in [0.717, 1.165) is 29.4 Å². The number of aromatic nitrogens is 4. The molecule has 2 heterocycles. The van der Waals surface area contributed by atoms with Crippen LogP contribution in [0.4, 0.5) is 5.82 Å². The second kappa shape index (κ2) is 7.16. The molecule has 1 aromatic carbocycles. The normalized spacial score (nSPS) is 12.1. The maximum absolute atomic E-state index is 5.91. The number of hydrogen-bond acceptors (Lipinski definition) is 6. The third kappa shape index (κ3) is 3.56. The number of ether oxygens (including phenoxy) is 2. The van der Waals surface area contributed by atoms with E-state index in [1.54, 1.807) is 11.6 Å². The van der Waals surface area contributed by atoms with Gasteiger partial charge in [0.25, 0.3) is 5.78 Å². The van der Waals surface area contributed by atoms with E-state index in [1.165, 1.54) is 6.33 Å². The fourth-order valence-corrected chi connectivity index (χ4v) is 2.34. The van der Waals surface area contributed by atoms with Crippen molar-refractivity contribution >= 4 is 11.6 Å². The highest BCUT2D eigenvalue weighted by Crippen LogP contribution is 2.18. The first-order chi connectivity index (χ1) is 11.7. The van der Waals surface area contributed by atoms with Gasteiger partial charge in [0.2, 0.25) is 0 Å². The third-order valence-corrected chi connectivity index (χ3v) is 3.63. The largest absolute Gasteiger partial charge is 0.497 e. The first kappa shape index (κ1) is 16.0. The van der Waals surface area contributed by atoms with Gasteiger partial charge in [0, 0.05) is 11.8 Å². The lowest BCUT2D eigenvalue weighted by Crippen LogP contribution is -2.24. The SMILES string of the molecule is CCc1cc(NCC(C)Oc2ccc(OC)cc2)n2ncnc2n1. The van der Waals surface area contributed by atoms with Crippen LogP contribution in [0.25, 0.3) is 5.78 Å². The number of nitrogens with zero attached hydrogens (tertiary/aromatic N) is 4. The van der Waals surface area contributed by atoms with Gasteiger partial charge in [-0.15, -0.1) is 0 Å². The van der Waals surface area contributed by atoms with Gasteiger partial charge in [-0.2, -0.15) is 14.6 Å². The van der Waals surface area contributed by atoms with Crippen molar-refractivity contribution in [2.24, 2.45) is 0 Å². The van der Waals surface area contributed by atoms with E-state index in [2.05, 4.69) is 27.3 Å². The zero-order valence-corrected chi connectivity index (χ0v) is 14.1. The van der Waals surface area contributed by atoms with Crippen molar-refractivity contribution in [3.05, 3.63) is 42.4 Å². The van der Waals surface area contributed by atoms with Crippen molar-refractivity contribution in [2.45, 2.75) is 26.4 Å². The minimum absolute atomic E-state index is 0.0183. The summed E-state index contributed by atoms with van der Waals surface area (Å²) in [7, 11) is 1.65. The minimum Gasteiger partial charge on any atom is -0.497 e. The Bertz CT molecular complexity index is 800. The lowest BCUT2D eigenvalue weighted by Gasteiger charge is -2.17. The van der Waals surface area contributed by atoms with Crippen molar-refractivity contribution < 1.29 is 9.47 Å². The van der Waals surface area contributed by atoms with Crippen LogP contribution in [0.5, 0.6) is 11.5 Å². The molecule has 3 aromatic rings.